The van der Waals surface area contributed by atoms with E-state index in [1.807, 2.05) is 18.2 Å². The highest BCUT2D eigenvalue weighted by Crippen LogP contribution is 2.30. The van der Waals surface area contributed by atoms with Gasteiger partial charge in [0.2, 0.25) is 10.0 Å². The third kappa shape index (κ3) is 4.29. The van der Waals surface area contributed by atoms with Crippen LogP contribution in [0.5, 0.6) is 0 Å². The molecule has 27 heavy (non-hydrogen) atoms. The number of rotatable bonds is 6. The van der Waals surface area contributed by atoms with Gasteiger partial charge in [-0.25, -0.2) is 8.42 Å². The molecule has 0 radical (unpaired) electrons. The molecule has 0 bridgehead atoms. The van der Waals surface area contributed by atoms with Crippen LogP contribution in [0.15, 0.2) is 51.8 Å². The van der Waals surface area contributed by atoms with E-state index in [4.69, 9.17) is 9.15 Å². The lowest BCUT2D eigenvalue weighted by Crippen LogP contribution is -2.45. The third-order valence-electron chi connectivity index (χ3n) is 3.94. The Balaban J connectivity index is 1.93. The molecular formula is C19H21NO6S. The minimum absolute atomic E-state index is 0.0384. The smallest absolute Gasteiger partial charge is 0.324 e. The number of nitrogens with one attached hydrogen (secondary N) is 1. The van der Waals surface area contributed by atoms with Gasteiger partial charge in [0.15, 0.2) is 0 Å². The molecule has 0 amide bonds. The lowest BCUT2D eigenvalue weighted by Gasteiger charge is -2.23. The number of ether oxygens (including phenoxy) is 1. The first-order valence-corrected chi connectivity index (χ1v) is 9.85. The number of sulfonamides is 1. The molecule has 3 aromatic rings. The van der Waals surface area contributed by atoms with Crippen molar-refractivity contribution in [2.75, 3.05) is 6.61 Å². The number of hydrogen-bond donors (Lipinski definition) is 2. The number of para-hydroxylation sites is 1. The Labute approximate surface area is 157 Å². The Morgan fingerprint density at radius 2 is 1.81 bits per heavy atom. The van der Waals surface area contributed by atoms with Crippen LogP contribution < -0.4 is 4.72 Å². The molecule has 0 aliphatic heterocycles. The molecule has 0 saturated carbocycles. The van der Waals surface area contributed by atoms with E-state index in [9.17, 15) is 18.3 Å². The highest BCUT2D eigenvalue weighted by atomic mass is 32.2. The summed E-state index contributed by atoms with van der Waals surface area (Å²) < 4.78 is 38.7. The van der Waals surface area contributed by atoms with Crippen molar-refractivity contribution in [2.24, 2.45) is 0 Å². The number of carboxylic acids is 1. The van der Waals surface area contributed by atoms with Crippen LogP contribution in [0.2, 0.25) is 0 Å². The van der Waals surface area contributed by atoms with Gasteiger partial charge in [0, 0.05) is 10.8 Å². The van der Waals surface area contributed by atoms with Crippen LogP contribution in [0.3, 0.4) is 0 Å². The molecule has 8 heteroatoms. The fourth-order valence-electron chi connectivity index (χ4n) is 2.62. The summed E-state index contributed by atoms with van der Waals surface area (Å²) in [5, 5.41) is 10.8. The molecule has 1 atom stereocenters. The lowest BCUT2D eigenvalue weighted by atomic mass is 10.1. The molecule has 0 fully saturated rings. The summed E-state index contributed by atoms with van der Waals surface area (Å²) >= 11 is 0. The van der Waals surface area contributed by atoms with Gasteiger partial charge in [-0.15, -0.1) is 0 Å². The van der Waals surface area contributed by atoms with E-state index >= 15 is 0 Å². The monoisotopic (exact) mass is 391 g/mol. The SMILES string of the molecule is CC(C)(C)OCC(NS(=O)(=O)c1ccc2oc3ccccc3c2c1)C(=O)O. The van der Waals surface area contributed by atoms with E-state index in [2.05, 4.69) is 4.72 Å². The van der Waals surface area contributed by atoms with Gasteiger partial charge in [0.05, 0.1) is 17.1 Å². The van der Waals surface area contributed by atoms with Crippen LogP contribution >= 0.6 is 0 Å². The van der Waals surface area contributed by atoms with Crippen molar-refractivity contribution in [2.45, 2.75) is 37.3 Å². The van der Waals surface area contributed by atoms with Crippen LogP contribution in [0.1, 0.15) is 20.8 Å². The van der Waals surface area contributed by atoms with Crippen molar-refractivity contribution in [3.63, 3.8) is 0 Å². The van der Waals surface area contributed by atoms with E-state index in [0.717, 1.165) is 5.39 Å². The minimum atomic E-state index is -4.06. The van der Waals surface area contributed by atoms with Gasteiger partial charge in [0.25, 0.3) is 0 Å². The topological polar surface area (TPSA) is 106 Å². The van der Waals surface area contributed by atoms with Crippen LogP contribution in [-0.4, -0.2) is 37.7 Å². The molecule has 3 rings (SSSR count). The van der Waals surface area contributed by atoms with Crippen LogP contribution in [0.25, 0.3) is 21.9 Å². The second-order valence-corrected chi connectivity index (χ2v) is 8.91. The lowest BCUT2D eigenvalue weighted by molar-refractivity contribution is -0.142. The fourth-order valence-corrected chi connectivity index (χ4v) is 3.82. The zero-order valence-electron chi connectivity index (χ0n) is 15.2. The molecule has 7 nitrogen and oxygen atoms in total. The molecule has 1 heterocycles. The summed E-state index contributed by atoms with van der Waals surface area (Å²) in [4.78, 5) is 11.4. The Morgan fingerprint density at radius 1 is 1.15 bits per heavy atom. The number of hydrogen-bond acceptors (Lipinski definition) is 5. The maximum atomic E-state index is 12.7. The quantitative estimate of drug-likeness (QED) is 0.669. The van der Waals surface area contributed by atoms with Crippen molar-refractivity contribution in [1.82, 2.24) is 4.72 Å². The second kappa shape index (κ2) is 6.95. The van der Waals surface area contributed by atoms with Crippen molar-refractivity contribution < 1.29 is 27.5 Å². The predicted octanol–water partition coefficient (Wildman–Crippen LogP) is 3.13. The number of furan rings is 1. The second-order valence-electron chi connectivity index (χ2n) is 7.19. The maximum Gasteiger partial charge on any atom is 0.324 e. The predicted molar refractivity (Wildman–Crippen MR) is 101 cm³/mol. The largest absolute Gasteiger partial charge is 0.480 e. The highest BCUT2D eigenvalue weighted by Gasteiger charge is 2.28. The van der Waals surface area contributed by atoms with Crippen LogP contribution in [0, 0.1) is 0 Å². The van der Waals surface area contributed by atoms with Gasteiger partial charge >= 0.3 is 5.97 Å². The summed E-state index contributed by atoms with van der Waals surface area (Å²) in [5.74, 6) is -1.31. The first-order valence-electron chi connectivity index (χ1n) is 8.37. The van der Waals surface area contributed by atoms with Gasteiger partial charge in [-0.2, -0.15) is 4.72 Å². The number of benzene rings is 2. The molecule has 0 saturated heterocycles. The fraction of sp³-hybridized carbons (Fsp3) is 0.316. The van der Waals surface area contributed by atoms with E-state index < -0.39 is 27.6 Å². The molecule has 2 N–H and O–H groups in total. The molecule has 1 unspecified atom stereocenters. The minimum Gasteiger partial charge on any atom is -0.480 e. The summed E-state index contributed by atoms with van der Waals surface area (Å²) in [6.07, 6.45) is 0. The number of fused-ring (bicyclic) bond motifs is 3. The Bertz CT molecular complexity index is 1090. The van der Waals surface area contributed by atoms with Crippen molar-refractivity contribution in [3.8, 4) is 0 Å². The highest BCUT2D eigenvalue weighted by molar-refractivity contribution is 7.89. The summed E-state index contributed by atoms with van der Waals surface area (Å²) in [7, 11) is -4.06. The third-order valence-corrected chi connectivity index (χ3v) is 5.41. The van der Waals surface area contributed by atoms with E-state index in [1.54, 1.807) is 32.9 Å². The standard InChI is InChI=1S/C19H21NO6S/c1-19(2,3)25-11-15(18(21)22)20-27(23,24)12-8-9-17-14(10-12)13-6-4-5-7-16(13)26-17/h4-10,15,20H,11H2,1-3H3,(H,21,22). The van der Waals surface area contributed by atoms with Crippen molar-refractivity contribution >= 4 is 37.9 Å². The number of carboxylic acid groups (broad SMARTS) is 1. The Hall–Kier alpha value is -2.42. The van der Waals surface area contributed by atoms with Crippen molar-refractivity contribution in [1.29, 1.82) is 0 Å². The average molecular weight is 391 g/mol. The first kappa shape index (κ1) is 19.3. The van der Waals surface area contributed by atoms with Gasteiger partial charge in [-0.1, -0.05) is 18.2 Å². The summed E-state index contributed by atoms with van der Waals surface area (Å²) in [5.41, 5.74) is 0.617. The van der Waals surface area contributed by atoms with Gasteiger partial charge in [0.1, 0.15) is 17.2 Å². The average Bonchev–Trinajstić information content (AvgIpc) is 2.95. The molecule has 0 spiro atoms. The van der Waals surface area contributed by atoms with E-state index in [0.29, 0.717) is 16.6 Å². The van der Waals surface area contributed by atoms with Crippen LogP contribution in [-0.2, 0) is 19.6 Å². The van der Waals surface area contributed by atoms with Crippen molar-refractivity contribution in [3.05, 3.63) is 42.5 Å². The van der Waals surface area contributed by atoms with Gasteiger partial charge in [-0.05, 0) is 45.0 Å². The maximum absolute atomic E-state index is 12.7. The summed E-state index contributed by atoms with van der Waals surface area (Å²) in [6, 6.07) is 10.3. The molecule has 2 aromatic carbocycles. The zero-order valence-corrected chi connectivity index (χ0v) is 16.0. The Morgan fingerprint density at radius 3 is 2.48 bits per heavy atom. The normalized spacial score (nSPS) is 13.9. The van der Waals surface area contributed by atoms with Gasteiger partial charge in [-0.3, -0.25) is 4.79 Å². The van der Waals surface area contributed by atoms with Crippen LogP contribution in [0.4, 0.5) is 0 Å². The Kier molecular flexibility index (Phi) is 4.98. The first-order chi connectivity index (χ1) is 12.6. The summed E-state index contributed by atoms with van der Waals surface area (Å²) in [6.45, 7) is 5.00. The molecular weight excluding hydrogens is 370 g/mol. The van der Waals surface area contributed by atoms with E-state index in [1.165, 1.54) is 12.1 Å². The number of aliphatic carboxylic acids is 1. The molecule has 144 valence electrons. The van der Waals surface area contributed by atoms with E-state index in [-0.39, 0.29) is 11.5 Å². The number of carbonyl (C=O) groups is 1. The molecule has 1 aromatic heterocycles. The molecule has 0 aliphatic rings. The molecule has 0 aliphatic carbocycles. The van der Waals surface area contributed by atoms with Gasteiger partial charge < -0.3 is 14.3 Å². The zero-order chi connectivity index (χ0) is 19.8.